The minimum atomic E-state index is -1.06. The third-order valence-electron chi connectivity index (χ3n) is 3.84. The van der Waals surface area contributed by atoms with Crippen LogP contribution in [0, 0.1) is 5.82 Å². The number of aliphatic carboxylic acids is 1. The molecule has 2 aromatic rings. The quantitative estimate of drug-likeness (QED) is 0.821. The Labute approximate surface area is 140 Å². The van der Waals surface area contributed by atoms with Gasteiger partial charge in [-0.2, -0.15) is 0 Å². The molecule has 1 amide bonds. The third kappa shape index (κ3) is 4.91. The number of halogens is 1. The molecule has 0 saturated heterocycles. The number of rotatable bonds is 7. The number of hydrogen-bond donors (Lipinski definition) is 2. The van der Waals surface area contributed by atoms with Crippen molar-refractivity contribution in [2.24, 2.45) is 0 Å². The lowest BCUT2D eigenvalue weighted by Gasteiger charge is -2.14. The van der Waals surface area contributed by atoms with Crippen LogP contribution in [-0.4, -0.2) is 23.5 Å². The van der Waals surface area contributed by atoms with Gasteiger partial charge >= 0.3 is 5.97 Å². The van der Waals surface area contributed by atoms with E-state index < -0.39 is 17.7 Å². The second-order valence-electron chi connectivity index (χ2n) is 5.60. The fourth-order valence-electron chi connectivity index (χ4n) is 2.47. The molecule has 5 heteroatoms. The van der Waals surface area contributed by atoms with Crippen molar-refractivity contribution in [1.29, 1.82) is 0 Å². The van der Waals surface area contributed by atoms with Crippen LogP contribution in [0.2, 0.25) is 0 Å². The molecule has 0 aliphatic rings. The predicted molar refractivity (Wildman–Crippen MR) is 89.3 cm³/mol. The standard InChI is InChI=1S/C19H20FNO3/c1-2-13-4-3-5-14(10-13)11-18(22)21-12-17(19(23)24)15-6-8-16(20)9-7-15/h3-10,17H,2,11-12H2,1H3,(H,21,22)(H,23,24). The minimum absolute atomic E-state index is 0.0345. The van der Waals surface area contributed by atoms with Crippen LogP contribution in [0.1, 0.15) is 29.5 Å². The summed E-state index contributed by atoms with van der Waals surface area (Å²) in [5, 5.41) is 12.0. The number of carboxylic acids is 1. The van der Waals surface area contributed by atoms with E-state index in [0.717, 1.165) is 17.5 Å². The molecule has 0 saturated carbocycles. The van der Waals surface area contributed by atoms with Crippen LogP contribution in [0.15, 0.2) is 48.5 Å². The number of hydrogen-bond acceptors (Lipinski definition) is 2. The van der Waals surface area contributed by atoms with Crippen LogP contribution in [-0.2, 0) is 22.4 Å². The highest BCUT2D eigenvalue weighted by atomic mass is 19.1. The van der Waals surface area contributed by atoms with Gasteiger partial charge in [0.15, 0.2) is 0 Å². The van der Waals surface area contributed by atoms with Crippen molar-refractivity contribution >= 4 is 11.9 Å². The molecular formula is C19H20FNO3. The van der Waals surface area contributed by atoms with E-state index in [1.54, 1.807) is 0 Å². The molecule has 0 heterocycles. The number of amides is 1. The fourth-order valence-corrected chi connectivity index (χ4v) is 2.47. The van der Waals surface area contributed by atoms with Crippen molar-refractivity contribution in [2.75, 3.05) is 6.54 Å². The average Bonchev–Trinajstić information content (AvgIpc) is 2.56. The second kappa shape index (κ2) is 8.24. The number of nitrogens with one attached hydrogen (secondary N) is 1. The summed E-state index contributed by atoms with van der Waals surface area (Å²) in [5.41, 5.74) is 2.49. The molecule has 0 spiro atoms. The van der Waals surface area contributed by atoms with Crippen LogP contribution in [0.3, 0.4) is 0 Å². The van der Waals surface area contributed by atoms with Gasteiger partial charge in [-0.15, -0.1) is 0 Å². The zero-order valence-corrected chi connectivity index (χ0v) is 13.5. The van der Waals surface area contributed by atoms with E-state index in [2.05, 4.69) is 5.32 Å². The molecule has 0 radical (unpaired) electrons. The van der Waals surface area contributed by atoms with Crippen LogP contribution >= 0.6 is 0 Å². The molecule has 2 rings (SSSR count). The molecule has 126 valence electrons. The van der Waals surface area contributed by atoms with E-state index in [-0.39, 0.29) is 18.9 Å². The van der Waals surface area contributed by atoms with Crippen LogP contribution < -0.4 is 5.32 Å². The number of benzene rings is 2. The van der Waals surface area contributed by atoms with E-state index >= 15 is 0 Å². The summed E-state index contributed by atoms with van der Waals surface area (Å²) in [7, 11) is 0. The molecule has 4 nitrogen and oxygen atoms in total. The topological polar surface area (TPSA) is 66.4 Å². The Bertz CT molecular complexity index is 713. The minimum Gasteiger partial charge on any atom is -0.481 e. The van der Waals surface area contributed by atoms with Gasteiger partial charge in [0.1, 0.15) is 5.82 Å². The Morgan fingerprint density at radius 3 is 2.42 bits per heavy atom. The molecule has 0 aromatic heterocycles. The van der Waals surface area contributed by atoms with Crippen molar-refractivity contribution in [3.63, 3.8) is 0 Å². The highest BCUT2D eigenvalue weighted by molar-refractivity contribution is 5.81. The van der Waals surface area contributed by atoms with Gasteiger partial charge < -0.3 is 10.4 Å². The van der Waals surface area contributed by atoms with Crippen LogP contribution in [0.25, 0.3) is 0 Å². The highest BCUT2D eigenvalue weighted by Gasteiger charge is 2.20. The van der Waals surface area contributed by atoms with Crippen LogP contribution in [0.4, 0.5) is 4.39 Å². The monoisotopic (exact) mass is 329 g/mol. The van der Waals surface area contributed by atoms with E-state index in [9.17, 15) is 19.1 Å². The maximum absolute atomic E-state index is 13.0. The van der Waals surface area contributed by atoms with E-state index in [4.69, 9.17) is 0 Å². The third-order valence-corrected chi connectivity index (χ3v) is 3.84. The Morgan fingerprint density at radius 2 is 1.79 bits per heavy atom. The lowest BCUT2D eigenvalue weighted by atomic mass is 9.99. The van der Waals surface area contributed by atoms with Gasteiger partial charge in [0, 0.05) is 6.54 Å². The SMILES string of the molecule is CCc1cccc(CC(=O)NCC(C(=O)O)c2ccc(F)cc2)c1. The highest BCUT2D eigenvalue weighted by Crippen LogP contribution is 2.16. The first-order chi connectivity index (χ1) is 11.5. The first kappa shape index (κ1) is 17.7. The molecule has 0 bridgehead atoms. The van der Waals surface area contributed by atoms with Crippen molar-refractivity contribution in [1.82, 2.24) is 5.32 Å². The van der Waals surface area contributed by atoms with Crippen molar-refractivity contribution in [3.8, 4) is 0 Å². The number of carboxylic acid groups (broad SMARTS) is 1. The molecule has 0 fully saturated rings. The van der Waals surface area contributed by atoms with E-state index in [1.807, 2.05) is 31.2 Å². The summed E-state index contributed by atoms with van der Waals surface area (Å²) in [4.78, 5) is 23.5. The second-order valence-corrected chi connectivity index (χ2v) is 5.60. The maximum Gasteiger partial charge on any atom is 0.312 e. The summed E-state index contributed by atoms with van der Waals surface area (Å²) < 4.78 is 13.0. The first-order valence-corrected chi connectivity index (χ1v) is 7.82. The normalized spacial score (nSPS) is 11.8. The molecule has 1 atom stereocenters. The van der Waals surface area contributed by atoms with Crippen molar-refractivity contribution in [3.05, 3.63) is 71.0 Å². The molecule has 1 unspecified atom stereocenters. The number of carbonyl (C=O) groups excluding carboxylic acids is 1. The summed E-state index contributed by atoms with van der Waals surface area (Å²) in [6.07, 6.45) is 1.09. The Morgan fingerprint density at radius 1 is 1.12 bits per heavy atom. The maximum atomic E-state index is 13.0. The molecule has 0 aliphatic heterocycles. The Hall–Kier alpha value is -2.69. The summed E-state index contributed by atoms with van der Waals surface area (Å²) in [6, 6.07) is 13.0. The lowest BCUT2D eigenvalue weighted by molar-refractivity contribution is -0.138. The Kier molecular flexibility index (Phi) is 6.07. The van der Waals surface area contributed by atoms with Gasteiger partial charge in [0.25, 0.3) is 0 Å². The van der Waals surface area contributed by atoms with Gasteiger partial charge in [-0.05, 0) is 35.2 Å². The Balaban J connectivity index is 1.97. The summed E-state index contributed by atoms with van der Waals surface area (Å²) >= 11 is 0. The van der Waals surface area contributed by atoms with E-state index in [1.165, 1.54) is 24.3 Å². The molecule has 2 aromatic carbocycles. The molecule has 24 heavy (non-hydrogen) atoms. The summed E-state index contributed by atoms with van der Waals surface area (Å²) in [6.45, 7) is 2.01. The fraction of sp³-hybridized carbons (Fsp3) is 0.263. The van der Waals surface area contributed by atoms with Gasteiger partial charge in [0.2, 0.25) is 5.91 Å². The zero-order chi connectivity index (χ0) is 17.5. The smallest absolute Gasteiger partial charge is 0.312 e. The van der Waals surface area contributed by atoms with Crippen molar-refractivity contribution < 1.29 is 19.1 Å². The average molecular weight is 329 g/mol. The van der Waals surface area contributed by atoms with Gasteiger partial charge in [-0.3, -0.25) is 9.59 Å². The van der Waals surface area contributed by atoms with E-state index in [0.29, 0.717) is 5.56 Å². The number of aryl methyl sites for hydroxylation is 1. The van der Waals surface area contributed by atoms with Crippen LogP contribution in [0.5, 0.6) is 0 Å². The molecule has 2 N–H and O–H groups in total. The summed E-state index contributed by atoms with van der Waals surface area (Å²) in [5.74, 6) is -2.63. The zero-order valence-electron chi connectivity index (χ0n) is 13.5. The van der Waals surface area contributed by atoms with Gasteiger partial charge in [-0.1, -0.05) is 43.3 Å². The molecular weight excluding hydrogens is 309 g/mol. The first-order valence-electron chi connectivity index (χ1n) is 7.82. The predicted octanol–water partition coefficient (Wildman–Crippen LogP) is 2.92. The largest absolute Gasteiger partial charge is 0.481 e. The van der Waals surface area contributed by atoms with Crippen molar-refractivity contribution in [2.45, 2.75) is 25.7 Å². The van der Waals surface area contributed by atoms with Gasteiger partial charge in [-0.25, -0.2) is 4.39 Å². The number of carbonyl (C=O) groups is 2. The lowest BCUT2D eigenvalue weighted by Crippen LogP contribution is -2.32. The van der Waals surface area contributed by atoms with Gasteiger partial charge in [0.05, 0.1) is 12.3 Å². The molecule has 0 aliphatic carbocycles.